The summed E-state index contributed by atoms with van der Waals surface area (Å²) in [5.74, 6) is 0.0910. The first-order valence-electron chi connectivity index (χ1n) is 6.31. The van der Waals surface area contributed by atoms with Gasteiger partial charge in [0.15, 0.2) is 11.5 Å². The molecule has 0 bridgehead atoms. The van der Waals surface area contributed by atoms with Gasteiger partial charge in [0.1, 0.15) is 5.82 Å². The van der Waals surface area contributed by atoms with Gasteiger partial charge in [-0.25, -0.2) is 4.98 Å². The van der Waals surface area contributed by atoms with Crippen molar-refractivity contribution in [2.45, 2.75) is 19.9 Å². The third kappa shape index (κ3) is 4.02. The maximum atomic E-state index is 11.0. The number of nitrogens with two attached hydrogens (primary N) is 1. The smallest absolute Gasteiger partial charge is 0.298 e. The summed E-state index contributed by atoms with van der Waals surface area (Å²) < 4.78 is 5.04. The molecule has 116 valence electrons. The Hall–Kier alpha value is -2.42. The molecule has 0 spiro atoms. The summed E-state index contributed by atoms with van der Waals surface area (Å²) in [5.41, 5.74) is 4.99. The molecule has 0 atom stereocenters. The van der Waals surface area contributed by atoms with Crippen LogP contribution < -0.4 is 10.6 Å². The lowest BCUT2D eigenvalue weighted by Gasteiger charge is -2.27. The average Bonchev–Trinajstić information content (AvgIpc) is 2.46. The average molecular weight is 297 g/mol. The van der Waals surface area contributed by atoms with E-state index in [0.717, 1.165) is 0 Å². The van der Waals surface area contributed by atoms with Gasteiger partial charge in [0.2, 0.25) is 0 Å². The molecular weight excluding hydrogens is 278 g/mol. The van der Waals surface area contributed by atoms with Gasteiger partial charge in [-0.1, -0.05) is 5.16 Å². The summed E-state index contributed by atoms with van der Waals surface area (Å²) in [6.07, 6.45) is 0. The number of anilines is 1. The van der Waals surface area contributed by atoms with Gasteiger partial charge in [0.25, 0.3) is 5.69 Å². The summed E-state index contributed by atoms with van der Waals surface area (Å²) in [6.45, 7) is 4.97. The molecule has 1 aromatic rings. The highest BCUT2D eigenvalue weighted by molar-refractivity contribution is 5.99. The van der Waals surface area contributed by atoms with E-state index in [0.29, 0.717) is 19.0 Å². The van der Waals surface area contributed by atoms with Crippen LogP contribution >= 0.6 is 0 Å². The van der Waals surface area contributed by atoms with Gasteiger partial charge in [-0.3, -0.25) is 10.1 Å². The highest BCUT2D eigenvalue weighted by Crippen LogP contribution is 2.22. The molecule has 0 fully saturated rings. The second-order valence-corrected chi connectivity index (χ2v) is 4.56. The van der Waals surface area contributed by atoms with Crippen molar-refractivity contribution >= 4 is 17.3 Å². The Balaban J connectivity index is 3.28. The van der Waals surface area contributed by atoms with E-state index < -0.39 is 10.8 Å². The van der Waals surface area contributed by atoms with Crippen molar-refractivity contribution < 1.29 is 14.9 Å². The summed E-state index contributed by atoms with van der Waals surface area (Å²) in [4.78, 5) is 16.4. The number of rotatable bonds is 7. The van der Waals surface area contributed by atoms with E-state index in [1.54, 1.807) is 7.11 Å². The molecule has 0 saturated carbocycles. The normalized spacial score (nSPS) is 11.7. The van der Waals surface area contributed by atoms with Gasteiger partial charge >= 0.3 is 0 Å². The molecule has 0 unspecified atom stereocenters. The van der Waals surface area contributed by atoms with Crippen LogP contribution in [0, 0.1) is 10.1 Å². The van der Waals surface area contributed by atoms with Crippen LogP contribution in [0.3, 0.4) is 0 Å². The second kappa shape index (κ2) is 7.39. The Morgan fingerprint density at radius 1 is 1.62 bits per heavy atom. The highest BCUT2D eigenvalue weighted by Gasteiger charge is 2.22. The van der Waals surface area contributed by atoms with Crippen LogP contribution in [-0.2, 0) is 4.74 Å². The maximum Gasteiger partial charge on any atom is 0.298 e. The van der Waals surface area contributed by atoms with Crippen LogP contribution in [0.25, 0.3) is 0 Å². The second-order valence-electron chi connectivity index (χ2n) is 4.56. The first-order chi connectivity index (χ1) is 9.92. The number of hydrogen-bond acceptors (Lipinski definition) is 7. The fourth-order valence-electron chi connectivity index (χ4n) is 1.81. The minimum absolute atomic E-state index is 0.106. The number of nitro groups is 1. The number of amidine groups is 1. The minimum Gasteiger partial charge on any atom is -0.409 e. The van der Waals surface area contributed by atoms with E-state index in [1.807, 2.05) is 18.7 Å². The molecule has 0 saturated heterocycles. The molecule has 0 aliphatic rings. The van der Waals surface area contributed by atoms with E-state index in [2.05, 4.69) is 10.1 Å². The van der Waals surface area contributed by atoms with Crippen molar-refractivity contribution in [1.82, 2.24) is 4.98 Å². The molecule has 21 heavy (non-hydrogen) atoms. The van der Waals surface area contributed by atoms with Crippen LogP contribution in [0.1, 0.15) is 19.5 Å². The predicted octanol–water partition coefficient (Wildman–Crippen LogP) is 0.946. The zero-order chi connectivity index (χ0) is 16.0. The Bertz CT molecular complexity index is 532. The number of pyridine rings is 1. The van der Waals surface area contributed by atoms with E-state index in [4.69, 9.17) is 15.7 Å². The van der Waals surface area contributed by atoms with Crippen molar-refractivity contribution in [3.8, 4) is 0 Å². The van der Waals surface area contributed by atoms with Crippen LogP contribution in [0.4, 0.5) is 11.5 Å². The Morgan fingerprint density at radius 2 is 2.29 bits per heavy atom. The van der Waals surface area contributed by atoms with Crippen LogP contribution in [0.2, 0.25) is 0 Å². The highest BCUT2D eigenvalue weighted by atomic mass is 16.6. The molecule has 9 nitrogen and oxygen atoms in total. The predicted molar refractivity (Wildman–Crippen MR) is 77.8 cm³/mol. The van der Waals surface area contributed by atoms with Crippen LogP contribution in [-0.4, -0.2) is 47.3 Å². The maximum absolute atomic E-state index is 11.0. The fourth-order valence-corrected chi connectivity index (χ4v) is 1.81. The summed E-state index contributed by atoms with van der Waals surface area (Å²) in [6, 6.07) is 2.93. The van der Waals surface area contributed by atoms with Crippen LogP contribution in [0.15, 0.2) is 17.3 Å². The van der Waals surface area contributed by atoms with Crippen molar-refractivity contribution in [3.63, 3.8) is 0 Å². The molecule has 1 aromatic heterocycles. The summed E-state index contributed by atoms with van der Waals surface area (Å²) >= 11 is 0. The Morgan fingerprint density at radius 3 is 2.76 bits per heavy atom. The molecule has 0 aliphatic heterocycles. The molecule has 0 aliphatic carbocycles. The lowest BCUT2D eigenvalue weighted by atomic mass is 10.2. The first kappa shape index (κ1) is 16.6. The molecule has 0 amide bonds. The number of methoxy groups -OCH3 is 1. The molecule has 1 rings (SSSR count). The molecule has 9 heteroatoms. The lowest BCUT2D eigenvalue weighted by molar-refractivity contribution is -0.385. The number of aromatic nitrogens is 1. The van der Waals surface area contributed by atoms with E-state index in [-0.39, 0.29) is 17.4 Å². The zero-order valence-electron chi connectivity index (χ0n) is 12.2. The van der Waals surface area contributed by atoms with Gasteiger partial charge in [-0.05, 0) is 19.9 Å². The topological polar surface area (TPSA) is 127 Å². The number of oxime groups is 1. The molecule has 0 aromatic carbocycles. The molecule has 1 heterocycles. The van der Waals surface area contributed by atoms with E-state index in [9.17, 15) is 10.1 Å². The molecule has 0 radical (unpaired) electrons. The monoisotopic (exact) mass is 297 g/mol. The number of hydrogen-bond donors (Lipinski definition) is 2. The van der Waals surface area contributed by atoms with Gasteiger partial charge in [-0.15, -0.1) is 0 Å². The minimum atomic E-state index is -0.626. The molecular formula is C12H19N5O4. The fraction of sp³-hybridized carbons (Fsp3) is 0.500. The van der Waals surface area contributed by atoms with Crippen molar-refractivity contribution in [2.24, 2.45) is 10.9 Å². The molecule has 3 N–H and O–H groups in total. The van der Waals surface area contributed by atoms with Gasteiger partial charge < -0.3 is 20.6 Å². The van der Waals surface area contributed by atoms with Crippen molar-refractivity contribution in [3.05, 3.63) is 27.9 Å². The number of nitrogens with zero attached hydrogens (tertiary/aromatic N) is 4. The largest absolute Gasteiger partial charge is 0.409 e. The Kier molecular flexibility index (Phi) is 5.85. The van der Waals surface area contributed by atoms with Crippen molar-refractivity contribution in [2.75, 3.05) is 25.2 Å². The quantitative estimate of drug-likeness (QED) is 0.252. The van der Waals surface area contributed by atoms with Crippen LogP contribution in [0.5, 0.6) is 0 Å². The SMILES string of the molecule is COCCN(c1ccc([N+](=O)[O-])c(/C(N)=N/O)n1)C(C)C. The standard InChI is InChI=1S/C12H19N5O4/c1-8(2)16(6-7-21-3)10-5-4-9(17(19)20)11(14-10)12(13)15-18/h4-5,8,18H,6-7H2,1-3H3,(H2,13,15). The summed E-state index contributed by atoms with van der Waals surface area (Å²) in [5, 5.41) is 22.5. The lowest BCUT2D eigenvalue weighted by Crippen LogP contribution is -2.35. The summed E-state index contributed by atoms with van der Waals surface area (Å²) in [7, 11) is 1.59. The third-order valence-electron chi connectivity index (χ3n) is 2.86. The Labute approximate surface area is 122 Å². The van der Waals surface area contributed by atoms with Gasteiger partial charge in [0, 0.05) is 25.8 Å². The number of ether oxygens (including phenoxy) is 1. The third-order valence-corrected chi connectivity index (χ3v) is 2.86. The zero-order valence-corrected chi connectivity index (χ0v) is 12.2. The van der Waals surface area contributed by atoms with Gasteiger partial charge in [-0.2, -0.15) is 0 Å². The first-order valence-corrected chi connectivity index (χ1v) is 6.31. The van der Waals surface area contributed by atoms with E-state index in [1.165, 1.54) is 12.1 Å². The van der Waals surface area contributed by atoms with E-state index >= 15 is 0 Å². The van der Waals surface area contributed by atoms with Gasteiger partial charge in [0.05, 0.1) is 11.5 Å². The van der Waals surface area contributed by atoms with Crippen molar-refractivity contribution in [1.29, 1.82) is 0 Å².